The van der Waals surface area contributed by atoms with Crippen LogP contribution in [-0.4, -0.2) is 93.0 Å². The van der Waals surface area contributed by atoms with E-state index in [1.807, 2.05) is 0 Å². The van der Waals surface area contributed by atoms with E-state index in [-0.39, 0.29) is 35.1 Å². The maximum atomic E-state index is 12.5. The second-order valence-electron chi connectivity index (χ2n) is 5.62. The molecule has 0 spiro atoms. The van der Waals surface area contributed by atoms with Crippen LogP contribution in [0.15, 0.2) is 9.69 Å². The van der Waals surface area contributed by atoms with Crippen molar-refractivity contribution in [2.45, 2.75) is 17.7 Å². The van der Waals surface area contributed by atoms with E-state index in [1.54, 1.807) is 11.8 Å². The molecule has 22 heavy (non-hydrogen) atoms. The number of piperazine rings is 1. The van der Waals surface area contributed by atoms with Crippen LogP contribution < -0.4 is 10.5 Å². The Bertz CT molecular complexity index is 736. The van der Waals surface area contributed by atoms with E-state index in [0.29, 0.717) is 5.78 Å². The smallest absolute Gasteiger partial charge is 0.287 e. The Morgan fingerprint density at radius 1 is 1.18 bits per heavy atom. The van der Waals surface area contributed by atoms with Crippen LogP contribution in [-0.2, 0) is 6.42 Å². The molecule has 1 fully saturated rings. The fourth-order valence-corrected chi connectivity index (χ4v) is 3.84. The summed E-state index contributed by atoms with van der Waals surface area (Å²) in [6, 6.07) is 0. The van der Waals surface area contributed by atoms with Gasteiger partial charge in [0.2, 0.25) is 5.95 Å². The first-order valence-electron chi connectivity index (χ1n) is 7.30. The number of aromatic amines is 1. The van der Waals surface area contributed by atoms with Crippen LogP contribution in [0.1, 0.15) is 12.1 Å². The minimum absolute atomic E-state index is 0. The summed E-state index contributed by atoms with van der Waals surface area (Å²) in [6.07, 6.45) is 1.96. The summed E-state index contributed by atoms with van der Waals surface area (Å²) < 4.78 is 1.49. The molecule has 4 heterocycles. The van der Waals surface area contributed by atoms with E-state index in [4.69, 9.17) is 0 Å². The summed E-state index contributed by atoms with van der Waals surface area (Å²) in [7, 11) is 2.12. The molecule has 9 heteroatoms. The van der Waals surface area contributed by atoms with Crippen LogP contribution >= 0.6 is 11.8 Å². The quantitative estimate of drug-likeness (QED) is 0.733. The molecule has 2 aromatic rings. The predicted octanol–water partition coefficient (Wildman–Crippen LogP) is -0.173. The normalized spacial score (nSPS) is 19.0. The van der Waals surface area contributed by atoms with Gasteiger partial charge in [0.05, 0.1) is 10.6 Å². The number of thioether (sulfide) groups is 1. The minimum Gasteiger partial charge on any atom is -0.339 e. The van der Waals surface area contributed by atoms with Crippen LogP contribution in [0.3, 0.4) is 0 Å². The summed E-state index contributed by atoms with van der Waals surface area (Å²) in [6.45, 7) is 3.84. The van der Waals surface area contributed by atoms with Crippen molar-refractivity contribution in [1.29, 1.82) is 0 Å². The van der Waals surface area contributed by atoms with Crippen molar-refractivity contribution in [2.75, 3.05) is 43.9 Å². The molecule has 0 saturated carbocycles. The van der Waals surface area contributed by atoms with Gasteiger partial charge < -0.3 is 9.80 Å². The average molecular weight is 329 g/mol. The number of aryl methyl sites for hydroxylation is 1. The third-order valence-corrected chi connectivity index (χ3v) is 5.31. The minimum atomic E-state index is -0.00687. The molecule has 1 radical (unpaired) electrons. The molecule has 2 aromatic heterocycles. The first-order chi connectivity index (χ1) is 10.2. The van der Waals surface area contributed by atoms with Crippen LogP contribution in [0.2, 0.25) is 0 Å². The Labute approximate surface area is 154 Å². The summed E-state index contributed by atoms with van der Waals surface area (Å²) in [5, 5.41) is 3.12. The second-order valence-corrected chi connectivity index (χ2v) is 6.72. The van der Waals surface area contributed by atoms with Crippen molar-refractivity contribution < 1.29 is 0 Å². The molecule has 113 valence electrons. The van der Waals surface area contributed by atoms with Gasteiger partial charge in [0.15, 0.2) is 0 Å². The molecule has 0 aliphatic carbocycles. The number of aromatic nitrogens is 4. The van der Waals surface area contributed by atoms with Gasteiger partial charge in [-0.1, -0.05) is 0 Å². The number of nitrogens with one attached hydrogen (secondary N) is 1. The van der Waals surface area contributed by atoms with Gasteiger partial charge in [-0.3, -0.25) is 9.89 Å². The molecular weight excluding hydrogens is 311 g/mol. The number of nitrogens with zero attached hydrogens (tertiary/aromatic N) is 5. The molecule has 4 rings (SSSR count). The number of H-pyrrole nitrogens is 1. The van der Waals surface area contributed by atoms with Crippen molar-refractivity contribution >= 4 is 53.0 Å². The van der Waals surface area contributed by atoms with Gasteiger partial charge in [-0.2, -0.15) is 9.50 Å². The maximum Gasteiger partial charge on any atom is 0.287 e. The maximum absolute atomic E-state index is 12.5. The molecule has 7 nitrogen and oxygen atoms in total. The third-order valence-electron chi connectivity index (χ3n) is 4.12. The van der Waals surface area contributed by atoms with Crippen molar-refractivity contribution in [2.24, 2.45) is 0 Å². The van der Waals surface area contributed by atoms with Crippen LogP contribution in [0.25, 0.3) is 5.78 Å². The fraction of sp³-hybridized carbons (Fsp3) is 0.615. The van der Waals surface area contributed by atoms with Gasteiger partial charge in [-0.15, -0.1) is 11.8 Å². The SMILES string of the molecule is CN1CCN(c2nc3nc4c(c(=O)n3[nH]2)SCCC4)CC1.[Na]. The molecule has 0 atom stereocenters. The van der Waals surface area contributed by atoms with E-state index >= 15 is 0 Å². The monoisotopic (exact) mass is 329 g/mol. The van der Waals surface area contributed by atoms with Crippen molar-refractivity contribution in [1.82, 2.24) is 24.5 Å². The summed E-state index contributed by atoms with van der Waals surface area (Å²) in [4.78, 5) is 26.9. The Morgan fingerprint density at radius 3 is 2.73 bits per heavy atom. The van der Waals surface area contributed by atoms with Crippen molar-refractivity contribution in [3.05, 3.63) is 16.0 Å². The number of hydrogen-bond acceptors (Lipinski definition) is 6. The molecule has 2 aliphatic heterocycles. The molecule has 0 bridgehead atoms. The predicted molar refractivity (Wildman–Crippen MR) is 88.1 cm³/mol. The zero-order valence-electron chi connectivity index (χ0n) is 13.0. The van der Waals surface area contributed by atoms with Gasteiger partial charge in [0, 0.05) is 55.7 Å². The third kappa shape index (κ3) is 2.82. The number of rotatable bonds is 1. The molecular formula is C13H18N6NaOS. The topological polar surface area (TPSA) is 69.5 Å². The Kier molecular flexibility index (Phi) is 4.84. The number of anilines is 1. The molecule has 1 N–H and O–H groups in total. The Balaban J connectivity index is 0.00000144. The van der Waals surface area contributed by atoms with Crippen LogP contribution in [0.5, 0.6) is 0 Å². The first kappa shape index (κ1) is 16.3. The van der Waals surface area contributed by atoms with Gasteiger partial charge in [0.25, 0.3) is 11.3 Å². The van der Waals surface area contributed by atoms with Gasteiger partial charge in [-0.25, -0.2) is 4.98 Å². The second kappa shape index (κ2) is 6.52. The van der Waals surface area contributed by atoms with Crippen LogP contribution in [0.4, 0.5) is 5.95 Å². The standard InChI is InChI=1S/C13H18N6OS.Na/c1-17-4-6-18(7-5-17)13-15-12-14-9-3-2-8-21-10(9)11(20)19(12)16-13;/h2-8H2,1H3,(H,14,15,16);. The molecule has 0 unspecified atom stereocenters. The van der Waals surface area contributed by atoms with E-state index in [0.717, 1.165) is 61.3 Å². The summed E-state index contributed by atoms with van der Waals surface area (Å²) in [5.41, 5.74) is 0.903. The average Bonchev–Trinajstić information content (AvgIpc) is 2.92. The number of likely N-dealkylation sites (N-methyl/N-ethyl adjacent to an activating group) is 1. The van der Waals surface area contributed by atoms with Gasteiger partial charge in [-0.05, 0) is 25.6 Å². The summed E-state index contributed by atoms with van der Waals surface area (Å²) in [5.74, 6) is 2.24. The molecule has 1 saturated heterocycles. The van der Waals surface area contributed by atoms with E-state index in [1.165, 1.54) is 4.52 Å². The Hall–Kier alpha value is -0.540. The van der Waals surface area contributed by atoms with E-state index < -0.39 is 0 Å². The molecule has 2 aliphatic rings. The largest absolute Gasteiger partial charge is 0.339 e. The summed E-state index contributed by atoms with van der Waals surface area (Å²) >= 11 is 1.61. The molecule has 0 amide bonds. The van der Waals surface area contributed by atoms with E-state index in [9.17, 15) is 4.79 Å². The zero-order valence-corrected chi connectivity index (χ0v) is 15.8. The number of fused-ring (bicyclic) bond motifs is 2. The molecule has 0 aromatic carbocycles. The fourth-order valence-electron chi connectivity index (χ4n) is 2.82. The van der Waals surface area contributed by atoms with Gasteiger partial charge in [0.1, 0.15) is 0 Å². The first-order valence-corrected chi connectivity index (χ1v) is 8.29. The Morgan fingerprint density at radius 2 is 1.95 bits per heavy atom. The van der Waals surface area contributed by atoms with Crippen molar-refractivity contribution in [3.8, 4) is 0 Å². The van der Waals surface area contributed by atoms with E-state index in [2.05, 4.69) is 31.9 Å². The zero-order chi connectivity index (χ0) is 14.4. The van der Waals surface area contributed by atoms with Crippen molar-refractivity contribution in [3.63, 3.8) is 0 Å². The van der Waals surface area contributed by atoms with Gasteiger partial charge >= 0.3 is 0 Å². The van der Waals surface area contributed by atoms with Crippen LogP contribution in [0, 0.1) is 0 Å². The number of hydrogen-bond donors (Lipinski definition) is 1.